The van der Waals surface area contributed by atoms with E-state index in [1.165, 1.54) is 6.20 Å². The number of rotatable bonds is 6. The fourth-order valence-corrected chi connectivity index (χ4v) is 1.28. The van der Waals surface area contributed by atoms with Gasteiger partial charge in [0.1, 0.15) is 6.54 Å². The van der Waals surface area contributed by atoms with Crippen LogP contribution in [-0.2, 0) is 11.3 Å². The molecule has 1 aromatic heterocycles. The van der Waals surface area contributed by atoms with Crippen molar-refractivity contribution in [3.8, 4) is 0 Å². The molecular formula is C9H14N4O3S. The molecule has 0 radical (unpaired) electrons. The van der Waals surface area contributed by atoms with Crippen LogP contribution in [0.5, 0.6) is 0 Å². The van der Waals surface area contributed by atoms with E-state index in [-0.39, 0.29) is 18.1 Å². The molecule has 0 aliphatic rings. The number of carbonyl (C=O) groups is 2. The molecule has 1 rings (SSSR count). The maximum atomic E-state index is 11.6. The van der Waals surface area contributed by atoms with Crippen LogP contribution in [0.3, 0.4) is 0 Å². The first-order chi connectivity index (χ1) is 8.02. The Hall–Kier alpha value is -1.57. The molecule has 1 heterocycles. The summed E-state index contributed by atoms with van der Waals surface area (Å²) in [7, 11) is 0. The van der Waals surface area contributed by atoms with Crippen LogP contribution in [0.4, 0.5) is 0 Å². The van der Waals surface area contributed by atoms with E-state index in [0.29, 0.717) is 11.8 Å². The SMILES string of the molecule is CSC(C)CNC(=O)c1cn(CC(=O)O)nn1. The van der Waals surface area contributed by atoms with Gasteiger partial charge in [-0.1, -0.05) is 12.1 Å². The Morgan fingerprint density at radius 3 is 2.94 bits per heavy atom. The number of carboxylic acids is 1. The van der Waals surface area contributed by atoms with Gasteiger partial charge in [0.25, 0.3) is 5.91 Å². The minimum atomic E-state index is -1.03. The number of aromatic nitrogens is 3. The van der Waals surface area contributed by atoms with Gasteiger partial charge in [-0.2, -0.15) is 11.8 Å². The first kappa shape index (κ1) is 13.5. The van der Waals surface area contributed by atoms with Crippen LogP contribution in [0.1, 0.15) is 17.4 Å². The van der Waals surface area contributed by atoms with Gasteiger partial charge in [-0.15, -0.1) is 5.10 Å². The predicted octanol–water partition coefficient (Wildman–Crippen LogP) is -0.156. The molecule has 0 spiro atoms. The van der Waals surface area contributed by atoms with Gasteiger partial charge in [-0.3, -0.25) is 9.59 Å². The lowest BCUT2D eigenvalue weighted by Gasteiger charge is -2.07. The largest absolute Gasteiger partial charge is 0.480 e. The third-order valence-corrected chi connectivity index (χ3v) is 2.99. The lowest BCUT2D eigenvalue weighted by atomic mass is 10.4. The quantitative estimate of drug-likeness (QED) is 0.736. The summed E-state index contributed by atoms with van der Waals surface area (Å²) in [6.45, 7) is 2.22. The number of thioether (sulfide) groups is 1. The van der Waals surface area contributed by atoms with Crippen LogP contribution in [-0.4, -0.2) is 50.0 Å². The molecule has 0 aromatic carbocycles. The highest BCUT2D eigenvalue weighted by molar-refractivity contribution is 7.99. The molecule has 1 unspecified atom stereocenters. The van der Waals surface area contributed by atoms with Gasteiger partial charge >= 0.3 is 5.97 Å². The van der Waals surface area contributed by atoms with Gasteiger partial charge in [0, 0.05) is 11.8 Å². The minimum Gasteiger partial charge on any atom is -0.480 e. The second-order valence-corrected chi connectivity index (χ2v) is 4.73. The molecule has 0 fully saturated rings. The second-order valence-electron chi connectivity index (χ2n) is 3.45. The molecule has 8 heteroatoms. The lowest BCUT2D eigenvalue weighted by molar-refractivity contribution is -0.137. The molecule has 1 atom stereocenters. The summed E-state index contributed by atoms with van der Waals surface area (Å²) in [5, 5.41) is 18.7. The molecule has 0 aliphatic carbocycles. The van der Waals surface area contributed by atoms with Crippen LogP contribution < -0.4 is 5.32 Å². The zero-order chi connectivity index (χ0) is 12.8. The second kappa shape index (κ2) is 6.24. The van der Waals surface area contributed by atoms with E-state index >= 15 is 0 Å². The Morgan fingerprint density at radius 1 is 1.65 bits per heavy atom. The first-order valence-electron chi connectivity index (χ1n) is 4.96. The van der Waals surface area contributed by atoms with Crippen molar-refractivity contribution in [1.29, 1.82) is 0 Å². The summed E-state index contributed by atoms with van der Waals surface area (Å²) in [6, 6.07) is 0. The number of carbonyl (C=O) groups excluding carboxylic acids is 1. The van der Waals surface area contributed by atoms with Crippen LogP contribution in [0, 0.1) is 0 Å². The van der Waals surface area contributed by atoms with Crippen LogP contribution in [0.2, 0.25) is 0 Å². The number of hydrogen-bond donors (Lipinski definition) is 2. The third-order valence-electron chi connectivity index (χ3n) is 2.02. The number of aliphatic carboxylic acids is 1. The Bertz CT molecular complexity index is 407. The molecule has 7 nitrogen and oxygen atoms in total. The molecule has 2 N–H and O–H groups in total. The molecule has 17 heavy (non-hydrogen) atoms. The fourth-order valence-electron chi connectivity index (χ4n) is 1.03. The van der Waals surface area contributed by atoms with Gasteiger partial charge < -0.3 is 10.4 Å². The average molecular weight is 258 g/mol. The van der Waals surface area contributed by atoms with Crippen molar-refractivity contribution in [3.05, 3.63) is 11.9 Å². The van der Waals surface area contributed by atoms with Crippen LogP contribution in [0.25, 0.3) is 0 Å². The molecule has 1 amide bonds. The molecular weight excluding hydrogens is 244 g/mol. The van der Waals surface area contributed by atoms with Crippen LogP contribution in [0.15, 0.2) is 6.20 Å². The molecule has 0 aliphatic heterocycles. The van der Waals surface area contributed by atoms with Crippen molar-refractivity contribution < 1.29 is 14.7 Å². The normalized spacial score (nSPS) is 12.1. The predicted molar refractivity (Wildman–Crippen MR) is 63.0 cm³/mol. The van der Waals surface area contributed by atoms with Crippen molar-refractivity contribution in [2.45, 2.75) is 18.7 Å². The number of carboxylic acid groups (broad SMARTS) is 1. The van der Waals surface area contributed by atoms with Crippen LogP contribution >= 0.6 is 11.8 Å². The van der Waals surface area contributed by atoms with E-state index < -0.39 is 5.97 Å². The van der Waals surface area contributed by atoms with E-state index in [4.69, 9.17) is 5.11 Å². The summed E-state index contributed by atoms with van der Waals surface area (Å²) in [5.41, 5.74) is 0.125. The molecule has 0 saturated heterocycles. The van der Waals surface area contributed by atoms with E-state index in [1.54, 1.807) is 11.8 Å². The fraction of sp³-hybridized carbons (Fsp3) is 0.556. The summed E-state index contributed by atoms with van der Waals surface area (Å²) in [5.74, 6) is -1.37. The van der Waals surface area contributed by atoms with Gasteiger partial charge in [0.15, 0.2) is 5.69 Å². The van der Waals surface area contributed by atoms with Crippen molar-refractivity contribution in [3.63, 3.8) is 0 Å². The first-order valence-corrected chi connectivity index (χ1v) is 6.24. The van der Waals surface area contributed by atoms with Crippen molar-refractivity contribution in [2.75, 3.05) is 12.8 Å². The van der Waals surface area contributed by atoms with Gasteiger partial charge in [0.2, 0.25) is 0 Å². The van der Waals surface area contributed by atoms with Gasteiger partial charge in [0.05, 0.1) is 6.20 Å². The number of hydrogen-bond acceptors (Lipinski definition) is 5. The minimum absolute atomic E-state index is 0.125. The van der Waals surface area contributed by atoms with Gasteiger partial charge in [-0.05, 0) is 6.26 Å². The molecule has 1 aromatic rings. The highest BCUT2D eigenvalue weighted by atomic mass is 32.2. The highest BCUT2D eigenvalue weighted by Gasteiger charge is 2.12. The summed E-state index contributed by atoms with van der Waals surface area (Å²) < 4.78 is 1.11. The Labute approximate surface area is 103 Å². The van der Waals surface area contributed by atoms with Gasteiger partial charge in [-0.25, -0.2) is 4.68 Å². The monoisotopic (exact) mass is 258 g/mol. The standard InChI is InChI=1S/C9H14N4O3S/c1-6(17-2)3-10-9(16)7-4-13(12-11-7)5-8(14)15/h4,6H,3,5H2,1-2H3,(H,10,16)(H,14,15). The zero-order valence-corrected chi connectivity index (χ0v) is 10.4. The molecule has 0 bridgehead atoms. The van der Waals surface area contributed by atoms with E-state index in [0.717, 1.165) is 4.68 Å². The Morgan fingerprint density at radius 2 is 2.35 bits per heavy atom. The summed E-state index contributed by atoms with van der Waals surface area (Å²) >= 11 is 1.64. The number of nitrogens with zero attached hydrogens (tertiary/aromatic N) is 3. The lowest BCUT2D eigenvalue weighted by Crippen LogP contribution is -2.29. The smallest absolute Gasteiger partial charge is 0.325 e. The highest BCUT2D eigenvalue weighted by Crippen LogP contribution is 2.03. The van der Waals surface area contributed by atoms with E-state index in [9.17, 15) is 9.59 Å². The third kappa shape index (κ3) is 4.43. The maximum absolute atomic E-state index is 11.6. The summed E-state index contributed by atoms with van der Waals surface area (Å²) in [6.07, 6.45) is 3.27. The Kier molecular flexibility index (Phi) is 4.95. The van der Waals surface area contributed by atoms with E-state index in [2.05, 4.69) is 15.6 Å². The number of nitrogens with one attached hydrogen (secondary N) is 1. The summed E-state index contributed by atoms with van der Waals surface area (Å²) in [4.78, 5) is 22.0. The average Bonchev–Trinajstić information content (AvgIpc) is 2.72. The maximum Gasteiger partial charge on any atom is 0.325 e. The van der Waals surface area contributed by atoms with Crippen molar-refractivity contribution in [1.82, 2.24) is 20.3 Å². The Balaban J connectivity index is 2.52. The van der Waals surface area contributed by atoms with E-state index in [1.807, 2.05) is 13.2 Å². The topological polar surface area (TPSA) is 97.1 Å². The van der Waals surface area contributed by atoms with Crippen molar-refractivity contribution >= 4 is 23.6 Å². The molecule has 0 saturated carbocycles. The van der Waals surface area contributed by atoms with Crippen molar-refractivity contribution in [2.24, 2.45) is 0 Å². The number of amides is 1. The molecule has 94 valence electrons. The zero-order valence-electron chi connectivity index (χ0n) is 9.58.